The maximum atomic E-state index is 12.6. The number of hydrogen-bond donors (Lipinski definition) is 2. The Morgan fingerprint density at radius 2 is 2.04 bits per heavy atom. The van der Waals surface area contributed by atoms with Gasteiger partial charge < -0.3 is 15.4 Å². The van der Waals surface area contributed by atoms with E-state index in [0.717, 1.165) is 12.0 Å². The first-order valence-corrected chi connectivity index (χ1v) is 9.01. The van der Waals surface area contributed by atoms with Crippen molar-refractivity contribution in [1.29, 1.82) is 0 Å². The number of rotatable bonds is 5. The maximum absolute atomic E-state index is 12.6. The Hall–Kier alpha value is -2.53. The Balaban J connectivity index is 1.72. The number of halogens is 1. The molecule has 3 rings (SSSR count). The van der Waals surface area contributed by atoms with Gasteiger partial charge in [0.2, 0.25) is 0 Å². The zero-order chi connectivity index (χ0) is 18.7. The fourth-order valence-electron chi connectivity index (χ4n) is 2.77. The zero-order valence-corrected chi connectivity index (χ0v) is 15.5. The molecule has 5 nitrogen and oxygen atoms in total. The van der Waals surface area contributed by atoms with Crippen LogP contribution in [0.15, 0.2) is 42.5 Å². The highest BCUT2D eigenvalue weighted by Crippen LogP contribution is 2.31. The first-order chi connectivity index (χ1) is 12.5. The second-order valence-electron chi connectivity index (χ2n) is 6.38. The first kappa shape index (κ1) is 18.3. The second-order valence-corrected chi connectivity index (χ2v) is 6.82. The van der Waals surface area contributed by atoms with E-state index in [4.69, 9.17) is 16.3 Å². The lowest BCUT2D eigenvalue weighted by Gasteiger charge is -2.16. The molecule has 2 amide bonds. The number of fused-ring (bicyclic) bond motifs is 1. The highest BCUT2D eigenvalue weighted by molar-refractivity contribution is 6.30. The zero-order valence-electron chi connectivity index (χ0n) is 14.7. The highest BCUT2D eigenvalue weighted by atomic mass is 35.5. The minimum absolute atomic E-state index is 0.0590. The third-order valence-corrected chi connectivity index (χ3v) is 4.64. The van der Waals surface area contributed by atoms with Crippen molar-refractivity contribution in [1.82, 2.24) is 5.32 Å². The van der Waals surface area contributed by atoms with Crippen molar-refractivity contribution < 1.29 is 14.3 Å². The molecule has 2 aromatic carbocycles. The third kappa shape index (κ3) is 3.99. The Morgan fingerprint density at radius 3 is 2.81 bits per heavy atom. The van der Waals surface area contributed by atoms with Crippen LogP contribution in [0.3, 0.4) is 0 Å². The predicted octanol–water partition coefficient (Wildman–Crippen LogP) is 3.81. The van der Waals surface area contributed by atoms with Gasteiger partial charge in [0.05, 0.1) is 11.3 Å². The van der Waals surface area contributed by atoms with Crippen LogP contribution in [0.5, 0.6) is 5.75 Å². The average molecular weight is 373 g/mol. The molecule has 2 N–H and O–H groups in total. The second kappa shape index (κ2) is 7.79. The Bertz CT molecular complexity index is 838. The summed E-state index contributed by atoms with van der Waals surface area (Å²) in [5.41, 5.74) is 1.80. The lowest BCUT2D eigenvalue weighted by Crippen LogP contribution is -2.34. The quantitative estimate of drug-likeness (QED) is 0.838. The van der Waals surface area contributed by atoms with Crippen LogP contribution in [-0.2, 0) is 11.2 Å². The fraction of sp³-hybridized carbons (Fsp3) is 0.300. The molecule has 1 heterocycles. The van der Waals surface area contributed by atoms with Gasteiger partial charge in [0.25, 0.3) is 11.8 Å². The van der Waals surface area contributed by atoms with Crippen LogP contribution in [0.25, 0.3) is 0 Å². The van der Waals surface area contributed by atoms with E-state index in [2.05, 4.69) is 10.6 Å². The van der Waals surface area contributed by atoms with Gasteiger partial charge in [0, 0.05) is 17.5 Å². The van der Waals surface area contributed by atoms with Gasteiger partial charge in [0.1, 0.15) is 5.75 Å². The summed E-state index contributed by atoms with van der Waals surface area (Å²) in [6.07, 6.45) is 0.633. The van der Waals surface area contributed by atoms with Crippen molar-refractivity contribution in [2.75, 3.05) is 5.32 Å². The lowest BCUT2D eigenvalue weighted by molar-refractivity contribution is -0.122. The predicted molar refractivity (Wildman–Crippen MR) is 102 cm³/mol. The van der Waals surface area contributed by atoms with Gasteiger partial charge in [-0.05, 0) is 49.2 Å². The van der Waals surface area contributed by atoms with E-state index in [9.17, 15) is 9.59 Å². The number of nitrogens with one attached hydrogen (secondary N) is 2. The van der Waals surface area contributed by atoms with E-state index in [0.29, 0.717) is 28.4 Å². The molecular formula is C20H21ClN2O3. The molecule has 0 unspecified atom stereocenters. The Kier molecular flexibility index (Phi) is 5.47. The number of carbonyl (C=O) groups excluding carboxylic acids is 2. The molecule has 1 aliphatic heterocycles. The van der Waals surface area contributed by atoms with Crippen molar-refractivity contribution in [2.45, 2.75) is 38.8 Å². The van der Waals surface area contributed by atoms with Crippen molar-refractivity contribution in [3.63, 3.8) is 0 Å². The maximum Gasteiger partial charge on any atom is 0.265 e. The van der Waals surface area contributed by atoms with E-state index in [1.807, 2.05) is 13.8 Å². The number of amides is 2. The molecule has 0 radical (unpaired) electrons. The molecule has 26 heavy (non-hydrogen) atoms. The van der Waals surface area contributed by atoms with Crippen LogP contribution in [0.4, 0.5) is 5.69 Å². The van der Waals surface area contributed by atoms with Crippen LogP contribution in [-0.4, -0.2) is 24.0 Å². The summed E-state index contributed by atoms with van der Waals surface area (Å²) < 4.78 is 5.71. The van der Waals surface area contributed by atoms with Gasteiger partial charge in [-0.25, -0.2) is 0 Å². The number of ether oxygens (including phenoxy) is 1. The molecule has 0 aliphatic carbocycles. The van der Waals surface area contributed by atoms with E-state index in [-0.39, 0.29) is 17.9 Å². The minimum atomic E-state index is -0.644. The van der Waals surface area contributed by atoms with Gasteiger partial charge in [-0.1, -0.05) is 30.7 Å². The summed E-state index contributed by atoms with van der Waals surface area (Å²) in [6.45, 7) is 3.94. The molecule has 0 bridgehead atoms. The molecule has 136 valence electrons. The van der Waals surface area contributed by atoms with Gasteiger partial charge in [0.15, 0.2) is 6.10 Å². The van der Waals surface area contributed by atoms with E-state index < -0.39 is 6.10 Å². The van der Waals surface area contributed by atoms with E-state index in [1.165, 1.54) is 0 Å². The summed E-state index contributed by atoms with van der Waals surface area (Å²) in [5, 5.41) is 6.34. The van der Waals surface area contributed by atoms with Crippen molar-refractivity contribution >= 4 is 29.1 Å². The van der Waals surface area contributed by atoms with Crippen LogP contribution >= 0.6 is 11.6 Å². The monoisotopic (exact) mass is 372 g/mol. The first-order valence-electron chi connectivity index (χ1n) is 8.63. The van der Waals surface area contributed by atoms with Crippen molar-refractivity contribution in [2.24, 2.45) is 0 Å². The van der Waals surface area contributed by atoms with Gasteiger partial charge in [-0.2, -0.15) is 0 Å². The highest BCUT2D eigenvalue weighted by Gasteiger charge is 2.30. The van der Waals surface area contributed by atoms with Crippen molar-refractivity contribution in [3.05, 3.63) is 58.6 Å². The van der Waals surface area contributed by atoms with E-state index >= 15 is 0 Å². The SMILES string of the molecule is CC[C@H](C)NC(=O)c1ccccc1NC(=O)[C@@H]1Cc2cc(Cl)ccc2O1. The standard InChI is InChI=1S/C20H21ClN2O3/c1-3-12(2)22-19(24)15-6-4-5-7-16(15)23-20(25)18-11-13-10-14(21)8-9-17(13)26-18/h4-10,12,18H,3,11H2,1-2H3,(H,22,24)(H,23,25)/t12-,18-/m0/s1. The van der Waals surface area contributed by atoms with Crippen LogP contribution < -0.4 is 15.4 Å². The molecule has 0 saturated heterocycles. The fourth-order valence-corrected chi connectivity index (χ4v) is 2.97. The average Bonchev–Trinajstić information content (AvgIpc) is 3.05. The number of anilines is 1. The molecular weight excluding hydrogens is 352 g/mol. The molecule has 0 aromatic heterocycles. The number of hydrogen-bond acceptors (Lipinski definition) is 3. The van der Waals surface area contributed by atoms with E-state index in [1.54, 1.807) is 42.5 Å². The topological polar surface area (TPSA) is 67.4 Å². The summed E-state index contributed by atoms with van der Waals surface area (Å²) >= 11 is 5.99. The normalized spacial score (nSPS) is 16.3. The van der Waals surface area contributed by atoms with Gasteiger partial charge >= 0.3 is 0 Å². The molecule has 0 fully saturated rings. The largest absolute Gasteiger partial charge is 0.480 e. The van der Waals surface area contributed by atoms with Crippen LogP contribution in [0.2, 0.25) is 5.02 Å². The van der Waals surface area contributed by atoms with Crippen molar-refractivity contribution in [3.8, 4) is 5.75 Å². The Labute approximate surface area is 157 Å². The number of carbonyl (C=O) groups is 2. The molecule has 2 aromatic rings. The third-order valence-electron chi connectivity index (χ3n) is 4.41. The Morgan fingerprint density at radius 1 is 1.27 bits per heavy atom. The number of para-hydroxylation sites is 1. The summed E-state index contributed by atoms with van der Waals surface area (Å²) in [7, 11) is 0. The van der Waals surface area contributed by atoms with Gasteiger partial charge in [-0.15, -0.1) is 0 Å². The summed E-state index contributed by atoms with van der Waals surface area (Å²) in [6, 6.07) is 12.3. The molecule has 0 spiro atoms. The molecule has 0 saturated carbocycles. The van der Waals surface area contributed by atoms with Crippen LogP contribution in [0, 0.1) is 0 Å². The van der Waals surface area contributed by atoms with Crippen LogP contribution in [0.1, 0.15) is 36.2 Å². The lowest BCUT2D eigenvalue weighted by atomic mass is 10.1. The summed E-state index contributed by atoms with van der Waals surface area (Å²) in [5.74, 6) is 0.163. The smallest absolute Gasteiger partial charge is 0.265 e. The van der Waals surface area contributed by atoms with Gasteiger partial charge in [-0.3, -0.25) is 9.59 Å². The molecule has 2 atom stereocenters. The molecule has 1 aliphatic rings. The summed E-state index contributed by atoms with van der Waals surface area (Å²) in [4.78, 5) is 25.1. The number of benzene rings is 2. The molecule has 6 heteroatoms. The minimum Gasteiger partial charge on any atom is -0.480 e.